The van der Waals surface area contributed by atoms with Crippen molar-refractivity contribution in [3.8, 4) is 5.88 Å². The number of amides is 1. The van der Waals surface area contributed by atoms with Crippen LogP contribution in [0.3, 0.4) is 0 Å². The maximum atomic E-state index is 12.8. The molecule has 0 aliphatic carbocycles. The molecule has 0 bridgehead atoms. The summed E-state index contributed by atoms with van der Waals surface area (Å²) < 4.78 is 45.6. The van der Waals surface area contributed by atoms with Gasteiger partial charge in [0.15, 0.2) is 10.8 Å². The van der Waals surface area contributed by atoms with Crippen LogP contribution in [0.4, 0.5) is 18.3 Å². The van der Waals surface area contributed by atoms with Crippen LogP contribution in [-0.2, 0) is 17.5 Å². The van der Waals surface area contributed by atoms with E-state index in [4.69, 9.17) is 4.74 Å². The fraction of sp³-hybridized carbons (Fsp3) is 0.444. The van der Waals surface area contributed by atoms with Crippen LogP contribution < -0.4 is 10.1 Å². The minimum absolute atomic E-state index is 0.130. The number of aromatic nitrogens is 4. The third-order valence-corrected chi connectivity index (χ3v) is 5.66. The third kappa shape index (κ3) is 4.54. The molecule has 3 aromatic rings. The quantitative estimate of drug-likeness (QED) is 0.656. The topological polar surface area (TPSA) is 84.7 Å². The molecule has 2 atom stereocenters. The number of carbonyl (C=O) groups excluding carboxylic acids is 1. The molecule has 1 amide bonds. The van der Waals surface area contributed by atoms with Crippen molar-refractivity contribution in [3.63, 3.8) is 0 Å². The monoisotopic (exact) mass is 440 g/mol. The van der Waals surface area contributed by atoms with Crippen molar-refractivity contribution >= 4 is 28.0 Å². The summed E-state index contributed by atoms with van der Waals surface area (Å²) in [4.78, 5) is 26.3. The highest BCUT2D eigenvalue weighted by atomic mass is 32.1. The van der Waals surface area contributed by atoms with Gasteiger partial charge in [-0.15, -0.1) is 11.3 Å². The van der Waals surface area contributed by atoms with E-state index >= 15 is 0 Å². The maximum absolute atomic E-state index is 12.8. The molecule has 2 unspecified atom stereocenters. The molecule has 1 saturated heterocycles. The SMILES string of the molecule is CC(=O)Nc1ncc(CN2CC(Oc3cc4nc(C(F)(F)F)cn4cn3)CC2C)s1. The molecule has 160 valence electrons. The Morgan fingerprint density at radius 1 is 1.40 bits per heavy atom. The smallest absolute Gasteiger partial charge is 0.434 e. The summed E-state index contributed by atoms with van der Waals surface area (Å²) in [5.74, 6) is 0.0785. The molecule has 4 rings (SSSR count). The first-order valence-electron chi connectivity index (χ1n) is 9.22. The number of hydrogen-bond acceptors (Lipinski definition) is 7. The van der Waals surface area contributed by atoms with Crippen molar-refractivity contribution in [2.45, 2.75) is 45.1 Å². The highest BCUT2D eigenvalue weighted by molar-refractivity contribution is 7.15. The largest absolute Gasteiger partial charge is 0.473 e. The summed E-state index contributed by atoms with van der Waals surface area (Å²) >= 11 is 1.42. The zero-order chi connectivity index (χ0) is 21.5. The van der Waals surface area contributed by atoms with Crippen LogP contribution >= 0.6 is 11.3 Å². The normalized spacial score (nSPS) is 20.0. The van der Waals surface area contributed by atoms with E-state index in [9.17, 15) is 18.0 Å². The second kappa shape index (κ2) is 7.84. The molecule has 1 N–H and O–H groups in total. The molecule has 1 fully saturated rings. The van der Waals surface area contributed by atoms with Crippen LogP contribution in [-0.4, -0.2) is 48.9 Å². The van der Waals surface area contributed by atoms with Gasteiger partial charge in [0.2, 0.25) is 11.8 Å². The zero-order valence-corrected chi connectivity index (χ0v) is 17.0. The molecule has 0 spiro atoms. The molecule has 1 aliphatic heterocycles. The van der Waals surface area contributed by atoms with E-state index in [0.29, 0.717) is 18.2 Å². The summed E-state index contributed by atoms with van der Waals surface area (Å²) in [7, 11) is 0. The van der Waals surface area contributed by atoms with Gasteiger partial charge in [0.25, 0.3) is 0 Å². The predicted octanol–water partition coefficient (Wildman–Crippen LogP) is 3.20. The van der Waals surface area contributed by atoms with E-state index in [1.54, 1.807) is 6.20 Å². The average molecular weight is 440 g/mol. The fourth-order valence-corrected chi connectivity index (χ4v) is 4.27. The van der Waals surface area contributed by atoms with Gasteiger partial charge in [0, 0.05) is 55.8 Å². The highest BCUT2D eigenvalue weighted by Crippen LogP contribution is 2.30. The number of thiazole rings is 1. The molecular weight excluding hydrogens is 421 g/mol. The average Bonchev–Trinajstić information content (AvgIpc) is 3.34. The number of nitrogens with one attached hydrogen (secondary N) is 1. The number of nitrogens with zero attached hydrogens (tertiary/aromatic N) is 5. The van der Waals surface area contributed by atoms with Crippen molar-refractivity contribution in [2.24, 2.45) is 0 Å². The van der Waals surface area contributed by atoms with E-state index in [0.717, 1.165) is 17.5 Å². The van der Waals surface area contributed by atoms with Crippen molar-refractivity contribution in [1.82, 2.24) is 24.3 Å². The summed E-state index contributed by atoms with van der Waals surface area (Å²) in [5, 5.41) is 3.23. The second-order valence-corrected chi connectivity index (χ2v) is 8.30. The van der Waals surface area contributed by atoms with Crippen LogP contribution in [0.2, 0.25) is 0 Å². The fourth-order valence-electron chi connectivity index (χ4n) is 3.39. The maximum Gasteiger partial charge on any atom is 0.434 e. The van der Waals surface area contributed by atoms with Crippen molar-refractivity contribution in [2.75, 3.05) is 11.9 Å². The number of hydrogen-bond donors (Lipinski definition) is 1. The minimum Gasteiger partial charge on any atom is -0.473 e. The molecule has 8 nitrogen and oxygen atoms in total. The lowest BCUT2D eigenvalue weighted by Crippen LogP contribution is -2.27. The number of carbonyl (C=O) groups is 1. The Morgan fingerprint density at radius 2 is 2.20 bits per heavy atom. The first-order chi connectivity index (χ1) is 14.2. The number of halogens is 3. The van der Waals surface area contributed by atoms with Gasteiger partial charge in [-0.25, -0.2) is 15.0 Å². The van der Waals surface area contributed by atoms with Gasteiger partial charge in [-0.05, 0) is 6.92 Å². The Morgan fingerprint density at radius 3 is 2.93 bits per heavy atom. The molecule has 0 saturated carbocycles. The number of ether oxygens (including phenoxy) is 1. The van der Waals surface area contributed by atoms with Crippen molar-refractivity contribution < 1.29 is 22.7 Å². The molecule has 1 aliphatic rings. The lowest BCUT2D eigenvalue weighted by molar-refractivity contribution is -0.140. The zero-order valence-electron chi connectivity index (χ0n) is 16.2. The Bertz CT molecular complexity index is 1070. The van der Waals surface area contributed by atoms with Gasteiger partial charge in [0.1, 0.15) is 18.1 Å². The van der Waals surface area contributed by atoms with Gasteiger partial charge in [-0.1, -0.05) is 0 Å². The summed E-state index contributed by atoms with van der Waals surface area (Å²) in [6.45, 7) is 4.83. The Kier molecular flexibility index (Phi) is 5.36. The number of imidazole rings is 1. The number of anilines is 1. The van der Waals surface area contributed by atoms with Gasteiger partial charge < -0.3 is 10.1 Å². The van der Waals surface area contributed by atoms with E-state index < -0.39 is 11.9 Å². The number of fused-ring (bicyclic) bond motifs is 1. The molecule has 0 aromatic carbocycles. The van der Waals surface area contributed by atoms with Crippen LogP contribution in [0.1, 0.15) is 30.8 Å². The molecular formula is C18H19F3N6O2S. The first-order valence-corrected chi connectivity index (χ1v) is 10.0. The summed E-state index contributed by atoms with van der Waals surface area (Å²) in [6, 6.07) is 1.65. The molecule has 0 radical (unpaired) electrons. The molecule has 3 aromatic heterocycles. The van der Waals surface area contributed by atoms with Crippen molar-refractivity contribution in [1.29, 1.82) is 0 Å². The van der Waals surface area contributed by atoms with E-state index in [-0.39, 0.29) is 29.6 Å². The summed E-state index contributed by atoms with van der Waals surface area (Å²) in [5.41, 5.74) is -0.837. The molecule has 30 heavy (non-hydrogen) atoms. The first kappa shape index (κ1) is 20.5. The van der Waals surface area contributed by atoms with Crippen molar-refractivity contribution in [3.05, 3.63) is 35.4 Å². The van der Waals surface area contributed by atoms with Gasteiger partial charge in [0.05, 0.1) is 0 Å². The van der Waals surface area contributed by atoms with Gasteiger partial charge in [-0.2, -0.15) is 13.2 Å². The molecule has 12 heteroatoms. The third-order valence-electron chi connectivity index (χ3n) is 4.76. The van der Waals surface area contributed by atoms with Gasteiger partial charge >= 0.3 is 6.18 Å². The van der Waals surface area contributed by atoms with E-state index in [1.807, 2.05) is 0 Å². The number of alkyl halides is 3. The minimum atomic E-state index is -4.51. The Hall–Kier alpha value is -2.73. The second-order valence-electron chi connectivity index (χ2n) is 7.18. The Labute approximate surface area is 173 Å². The lowest BCUT2D eigenvalue weighted by Gasteiger charge is -2.19. The van der Waals surface area contributed by atoms with Crippen LogP contribution in [0.5, 0.6) is 5.88 Å². The number of likely N-dealkylation sites (tertiary alicyclic amines) is 1. The predicted molar refractivity (Wildman–Crippen MR) is 103 cm³/mol. The number of rotatable bonds is 5. The standard InChI is InChI=1S/C18H19F3N6O2S/c1-10-3-12(6-26(10)7-13-5-22-17(30-13)24-11(2)28)29-16-4-15-25-14(18(19,20)21)8-27(15)9-23-16/h4-5,8-10,12H,3,6-7H2,1-2H3,(H,22,24,28). The summed E-state index contributed by atoms with van der Waals surface area (Å²) in [6.07, 6.45) is 0.00891. The van der Waals surface area contributed by atoms with Gasteiger partial charge in [-0.3, -0.25) is 14.1 Å². The molecule has 4 heterocycles. The van der Waals surface area contributed by atoms with Crippen LogP contribution in [0, 0.1) is 0 Å². The van der Waals surface area contributed by atoms with E-state index in [2.05, 4.69) is 32.1 Å². The Balaban J connectivity index is 1.40. The van der Waals surface area contributed by atoms with E-state index in [1.165, 1.54) is 35.1 Å². The van der Waals surface area contributed by atoms with Crippen LogP contribution in [0.15, 0.2) is 24.8 Å². The van der Waals surface area contributed by atoms with Crippen LogP contribution in [0.25, 0.3) is 5.65 Å². The highest BCUT2D eigenvalue weighted by Gasteiger charge is 2.34. The lowest BCUT2D eigenvalue weighted by atomic mass is 10.2.